The largest absolute Gasteiger partial charge is 0.388 e. The van der Waals surface area contributed by atoms with Crippen molar-refractivity contribution in [2.75, 3.05) is 13.2 Å². The monoisotopic (exact) mass is 216 g/mol. The number of hydrogen-bond donors (Lipinski definition) is 2. The zero-order valence-electron chi connectivity index (χ0n) is 9.78. The Kier molecular flexibility index (Phi) is 2.22. The Balaban J connectivity index is 2.39. The lowest BCUT2D eigenvalue weighted by atomic mass is 9.67. The molecule has 0 aromatic heterocycles. The van der Waals surface area contributed by atoms with E-state index in [9.17, 15) is 10.2 Å². The first-order chi connectivity index (χ1) is 6.72. The average molecular weight is 216 g/mol. The zero-order chi connectivity index (χ0) is 11.5. The molecule has 0 aromatic carbocycles. The SMILES string of the molecule is CC(C)(C)[C@@]1(O)CO[C@@H]2[C@@H](O)CO[C@@]21C. The second-order valence-corrected chi connectivity index (χ2v) is 5.83. The molecule has 4 heteroatoms. The van der Waals surface area contributed by atoms with Crippen molar-refractivity contribution in [3.63, 3.8) is 0 Å². The highest BCUT2D eigenvalue weighted by molar-refractivity contribution is 5.17. The summed E-state index contributed by atoms with van der Waals surface area (Å²) < 4.78 is 11.1. The third-order valence-corrected chi connectivity index (χ3v) is 3.98. The van der Waals surface area contributed by atoms with Gasteiger partial charge in [-0.15, -0.1) is 0 Å². The topological polar surface area (TPSA) is 58.9 Å². The first kappa shape index (κ1) is 11.3. The summed E-state index contributed by atoms with van der Waals surface area (Å²) in [5.41, 5.74) is -2.20. The summed E-state index contributed by atoms with van der Waals surface area (Å²) in [5.74, 6) is 0. The normalized spacial score (nSPS) is 50.8. The van der Waals surface area contributed by atoms with Crippen molar-refractivity contribution in [2.24, 2.45) is 5.41 Å². The van der Waals surface area contributed by atoms with Crippen LogP contribution in [0.25, 0.3) is 0 Å². The van der Waals surface area contributed by atoms with Gasteiger partial charge in [-0.1, -0.05) is 20.8 Å². The molecule has 0 radical (unpaired) electrons. The standard InChI is InChI=1S/C11H20O4/c1-9(2,3)11(13)6-14-8-7(12)5-15-10(8,11)4/h7-8,12-13H,5-6H2,1-4H3/t7-,8+,10-,11-/m0/s1. The molecule has 88 valence electrons. The van der Waals surface area contributed by atoms with E-state index >= 15 is 0 Å². The van der Waals surface area contributed by atoms with Gasteiger partial charge in [0.05, 0.1) is 13.2 Å². The van der Waals surface area contributed by atoms with Crippen molar-refractivity contribution in [2.45, 2.75) is 51.1 Å². The zero-order valence-corrected chi connectivity index (χ0v) is 9.78. The molecule has 0 spiro atoms. The fourth-order valence-corrected chi connectivity index (χ4v) is 2.73. The van der Waals surface area contributed by atoms with E-state index in [1.54, 1.807) is 0 Å². The maximum absolute atomic E-state index is 10.7. The van der Waals surface area contributed by atoms with Crippen LogP contribution in [0.4, 0.5) is 0 Å². The van der Waals surface area contributed by atoms with Crippen LogP contribution in [-0.4, -0.2) is 46.8 Å². The van der Waals surface area contributed by atoms with Crippen molar-refractivity contribution in [1.29, 1.82) is 0 Å². The van der Waals surface area contributed by atoms with Crippen molar-refractivity contribution in [3.8, 4) is 0 Å². The molecule has 15 heavy (non-hydrogen) atoms. The molecule has 0 unspecified atom stereocenters. The van der Waals surface area contributed by atoms with Gasteiger partial charge in [-0.25, -0.2) is 0 Å². The molecule has 2 N–H and O–H groups in total. The minimum absolute atomic E-state index is 0.217. The van der Waals surface area contributed by atoms with E-state index in [0.29, 0.717) is 0 Å². The van der Waals surface area contributed by atoms with Gasteiger partial charge in [0, 0.05) is 0 Å². The number of hydrogen-bond acceptors (Lipinski definition) is 4. The Morgan fingerprint density at radius 3 is 2.47 bits per heavy atom. The molecule has 2 aliphatic heterocycles. The lowest BCUT2D eigenvalue weighted by Gasteiger charge is -2.45. The summed E-state index contributed by atoms with van der Waals surface area (Å²) in [7, 11) is 0. The fourth-order valence-electron chi connectivity index (χ4n) is 2.73. The van der Waals surface area contributed by atoms with Crippen LogP contribution in [0.1, 0.15) is 27.7 Å². The summed E-state index contributed by atoms with van der Waals surface area (Å²) in [6.45, 7) is 8.15. The highest BCUT2D eigenvalue weighted by atomic mass is 16.6. The Bertz CT molecular complexity index is 272. The van der Waals surface area contributed by atoms with Crippen LogP contribution in [0, 0.1) is 5.41 Å². The molecule has 2 fully saturated rings. The van der Waals surface area contributed by atoms with E-state index in [1.807, 2.05) is 27.7 Å². The van der Waals surface area contributed by atoms with Gasteiger partial charge in [0.25, 0.3) is 0 Å². The molecular formula is C11H20O4. The second kappa shape index (κ2) is 2.94. The molecule has 4 atom stereocenters. The van der Waals surface area contributed by atoms with E-state index in [4.69, 9.17) is 9.47 Å². The molecule has 0 aliphatic carbocycles. The molecule has 2 rings (SSSR count). The van der Waals surface area contributed by atoms with Crippen LogP contribution >= 0.6 is 0 Å². The molecule has 0 bridgehead atoms. The fraction of sp³-hybridized carbons (Fsp3) is 1.00. The summed E-state index contributed by atoms with van der Waals surface area (Å²) >= 11 is 0. The number of rotatable bonds is 0. The van der Waals surface area contributed by atoms with Crippen LogP contribution in [0.2, 0.25) is 0 Å². The van der Waals surface area contributed by atoms with Gasteiger partial charge in [0.2, 0.25) is 0 Å². The van der Waals surface area contributed by atoms with E-state index in [0.717, 1.165) is 0 Å². The quantitative estimate of drug-likeness (QED) is 0.612. The number of aliphatic hydroxyl groups is 2. The van der Waals surface area contributed by atoms with E-state index < -0.39 is 23.4 Å². The minimum Gasteiger partial charge on any atom is -0.388 e. The predicted molar refractivity (Wildman–Crippen MR) is 54.5 cm³/mol. The first-order valence-electron chi connectivity index (χ1n) is 5.38. The highest BCUT2D eigenvalue weighted by Crippen LogP contribution is 2.51. The number of ether oxygens (including phenoxy) is 2. The predicted octanol–water partition coefficient (Wildman–Crippen LogP) is 0.312. The van der Waals surface area contributed by atoms with Crippen molar-refractivity contribution >= 4 is 0 Å². The molecule has 0 saturated carbocycles. The van der Waals surface area contributed by atoms with Crippen molar-refractivity contribution in [1.82, 2.24) is 0 Å². The van der Waals surface area contributed by atoms with Crippen LogP contribution in [0.15, 0.2) is 0 Å². The van der Waals surface area contributed by atoms with E-state index in [1.165, 1.54) is 0 Å². The van der Waals surface area contributed by atoms with Gasteiger partial charge in [0.15, 0.2) is 0 Å². The number of aliphatic hydroxyl groups excluding tert-OH is 1. The highest BCUT2D eigenvalue weighted by Gasteiger charge is 2.68. The smallest absolute Gasteiger partial charge is 0.125 e. The van der Waals surface area contributed by atoms with E-state index in [-0.39, 0.29) is 18.6 Å². The number of fused-ring (bicyclic) bond motifs is 1. The average Bonchev–Trinajstić information content (AvgIpc) is 2.52. The molecular weight excluding hydrogens is 196 g/mol. The lowest BCUT2D eigenvalue weighted by molar-refractivity contribution is -0.179. The Labute approximate surface area is 90.2 Å². The molecule has 0 amide bonds. The third kappa shape index (κ3) is 1.22. The van der Waals surface area contributed by atoms with Crippen molar-refractivity contribution in [3.05, 3.63) is 0 Å². The summed E-state index contributed by atoms with van der Waals surface area (Å²) in [4.78, 5) is 0. The van der Waals surface area contributed by atoms with E-state index in [2.05, 4.69) is 0 Å². The third-order valence-electron chi connectivity index (χ3n) is 3.98. The summed E-state index contributed by atoms with van der Waals surface area (Å²) in [6.07, 6.45) is -1.05. The molecule has 0 aromatic rings. The van der Waals surface area contributed by atoms with Gasteiger partial charge in [0.1, 0.15) is 23.4 Å². The van der Waals surface area contributed by atoms with Crippen LogP contribution in [0.5, 0.6) is 0 Å². The molecule has 2 heterocycles. The van der Waals surface area contributed by atoms with Crippen LogP contribution < -0.4 is 0 Å². The van der Waals surface area contributed by atoms with Gasteiger partial charge in [-0.3, -0.25) is 0 Å². The second-order valence-electron chi connectivity index (χ2n) is 5.83. The van der Waals surface area contributed by atoms with Gasteiger partial charge >= 0.3 is 0 Å². The summed E-state index contributed by atoms with van der Waals surface area (Å²) in [6, 6.07) is 0. The van der Waals surface area contributed by atoms with Crippen LogP contribution in [-0.2, 0) is 9.47 Å². The van der Waals surface area contributed by atoms with Gasteiger partial charge in [-0.05, 0) is 12.3 Å². The Morgan fingerprint density at radius 2 is 1.93 bits per heavy atom. The molecule has 4 nitrogen and oxygen atoms in total. The maximum atomic E-state index is 10.7. The van der Waals surface area contributed by atoms with Crippen molar-refractivity contribution < 1.29 is 19.7 Å². The Morgan fingerprint density at radius 1 is 1.33 bits per heavy atom. The van der Waals surface area contributed by atoms with Gasteiger partial charge in [-0.2, -0.15) is 0 Å². The molecule has 2 aliphatic rings. The molecule has 2 saturated heterocycles. The summed E-state index contributed by atoms with van der Waals surface area (Å²) in [5, 5.41) is 20.4. The lowest BCUT2D eigenvalue weighted by Crippen LogP contribution is -2.61. The minimum atomic E-state index is -1.05. The van der Waals surface area contributed by atoms with Crippen LogP contribution in [0.3, 0.4) is 0 Å². The first-order valence-corrected chi connectivity index (χ1v) is 5.38. The maximum Gasteiger partial charge on any atom is 0.125 e. The Hall–Kier alpha value is -0.160. The van der Waals surface area contributed by atoms with Gasteiger partial charge < -0.3 is 19.7 Å².